The molecule has 0 bridgehead atoms. The van der Waals surface area contributed by atoms with Crippen LogP contribution < -0.4 is 0 Å². The van der Waals surface area contributed by atoms with E-state index in [0.717, 1.165) is 98.8 Å². The third-order valence-electron chi connectivity index (χ3n) is 15.3. The van der Waals surface area contributed by atoms with E-state index in [4.69, 9.17) is 0 Å². The number of aromatic nitrogens is 4. The monoisotopic (exact) mass is 928 g/mol. The maximum absolute atomic E-state index is 12.2. The van der Waals surface area contributed by atoms with Gasteiger partial charge in [-0.1, -0.05) is 169 Å². The zero-order chi connectivity index (χ0) is 48.5. The summed E-state index contributed by atoms with van der Waals surface area (Å²) in [5.74, 6) is 0. The lowest BCUT2D eigenvalue weighted by molar-refractivity contribution is 1.08. The Morgan fingerprint density at radius 3 is 1.19 bits per heavy atom. The maximum Gasteiger partial charge on any atom is 0.104 e. The van der Waals surface area contributed by atoms with Gasteiger partial charge in [-0.2, -0.15) is 10.5 Å². The Bertz CT molecular complexity index is 4690. The summed E-state index contributed by atoms with van der Waals surface area (Å²) in [7, 11) is 0. The fourth-order valence-corrected chi connectivity index (χ4v) is 12.3. The first-order chi connectivity index (χ1) is 36.1. The number of aryl methyl sites for hydroxylation is 1. The highest BCUT2D eigenvalue weighted by molar-refractivity contribution is 6.22. The van der Waals surface area contributed by atoms with Gasteiger partial charge in [-0.3, -0.25) is 0 Å². The molecule has 6 heteroatoms. The summed E-state index contributed by atoms with van der Waals surface area (Å²) in [5, 5.41) is 35.6. The summed E-state index contributed by atoms with van der Waals surface area (Å²) >= 11 is 0. The molecule has 0 fully saturated rings. The number of hydrogen-bond acceptors (Lipinski definition) is 2. The Kier molecular flexibility index (Phi) is 8.61. The Labute approximate surface area is 418 Å². The quantitative estimate of drug-likeness (QED) is 0.173. The molecule has 338 valence electrons. The topological polar surface area (TPSA) is 67.3 Å². The lowest BCUT2D eigenvalue weighted by Crippen LogP contribution is -2.14. The van der Waals surface area contributed by atoms with Crippen LogP contribution in [0, 0.1) is 29.6 Å². The Balaban J connectivity index is 1.14. The van der Waals surface area contributed by atoms with Crippen molar-refractivity contribution in [1.82, 2.24) is 18.3 Å². The smallest absolute Gasteiger partial charge is 0.104 e. The van der Waals surface area contributed by atoms with Crippen LogP contribution in [0.4, 0.5) is 0 Å². The van der Waals surface area contributed by atoms with Crippen LogP contribution in [0.3, 0.4) is 0 Å². The van der Waals surface area contributed by atoms with Gasteiger partial charge < -0.3 is 18.3 Å². The van der Waals surface area contributed by atoms with E-state index in [1.807, 2.05) is 0 Å². The molecular weight excluding hydrogens is 889 g/mol. The standard InChI is InChI=1S/C67H40N6/c1-41-30-32-43(33-31-41)63-66(72-55-24-10-4-18-46(55)47-19-5-11-25-56(47)72)53(39-68)65(54(40-69)67(63)73-57-26-12-6-20-48(57)49-21-7-13-27-58(49)73)71-59-28-14-8-22-50(59)52-38-44(35-37-61(52)71)70-60-29-15-9-23-51(60)64-45-17-3-2-16-42(45)34-36-62(64)70/h2-38H,1H3. The van der Waals surface area contributed by atoms with Gasteiger partial charge in [-0.15, -0.1) is 0 Å². The molecule has 0 amide bonds. The second-order valence-corrected chi connectivity index (χ2v) is 19.1. The summed E-state index contributed by atoms with van der Waals surface area (Å²) < 4.78 is 9.12. The molecule has 6 nitrogen and oxygen atoms in total. The number of nitriles is 2. The molecule has 0 saturated heterocycles. The molecule has 15 aromatic rings. The van der Waals surface area contributed by atoms with Crippen molar-refractivity contribution >= 4 is 98.0 Å². The lowest BCUT2D eigenvalue weighted by Gasteiger charge is -2.26. The molecule has 0 unspecified atom stereocenters. The first-order valence-electron chi connectivity index (χ1n) is 24.6. The van der Waals surface area contributed by atoms with Crippen molar-refractivity contribution in [2.24, 2.45) is 0 Å². The highest BCUT2D eigenvalue weighted by atomic mass is 15.1. The molecule has 15 rings (SSSR count). The van der Waals surface area contributed by atoms with Crippen molar-refractivity contribution in [3.63, 3.8) is 0 Å². The van der Waals surface area contributed by atoms with Crippen LogP contribution >= 0.6 is 0 Å². The molecule has 0 aliphatic heterocycles. The van der Waals surface area contributed by atoms with E-state index in [1.165, 1.54) is 21.5 Å². The molecule has 0 spiro atoms. The second kappa shape index (κ2) is 15.4. The molecule has 0 aliphatic carbocycles. The zero-order valence-electron chi connectivity index (χ0n) is 39.5. The van der Waals surface area contributed by atoms with Gasteiger partial charge in [0.25, 0.3) is 0 Å². The van der Waals surface area contributed by atoms with Crippen molar-refractivity contribution in [2.75, 3.05) is 0 Å². The van der Waals surface area contributed by atoms with E-state index in [1.54, 1.807) is 0 Å². The molecular formula is C67H40N6. The van der Waals surface area contributed by atoms with Crippen LogP contribution in [-0.4, -0.2) is 18.3 Å². The predicted octanol–water partition coefficient (Wildman–Crippen LogP) is 16.9. The highest BCUT2D eigenvalue weighted by Gasteiger charge is 2.33. The van der Waals surface area contributed by atoms with Crippen molar-refractivity contribution in [2.45, 2.75) is 6.92 Å². The number of rotatable bonds is 5. The molecule has 0 saturated carbocycles. The van der Waals surface area contributed by atoms with Gasteiger partial charge in [0.05, 0.1) is 61.2 Å². The highest BCUT2D eigenvalue weighted by Crippen LogP contribution is 2.49. The summed E-state index contributed by atoms with van der Waals surface area (Å²) in [5.41, 5.74) is 14.4. The van der Waals surface area contributed by atoms with E-state index in [-0.39, 0.29) is 0 Å². The van der Waals surface area contributed by atoms with Gasteiger partial charge in [0.15, 0.2) is 0 Å². The molecule has 11 aromatic carbocycles. The zero-order valence-corrected chi connectivity index (χ0v) is 39.5. The summed E-state index contributed by atoms with van der Waals surface area (Å²) in [6.45, 7) is 2.09. The number of para-hydroxylation sites is 6. The number of fused-ring (bicyclic) bond motifs is 14. The Hall–Kier alpha value is -10.1. The SMILES string of the molecule is Cc1ccc(-c2c(-n3c4ccccc4c4ccccc43)c(C#N)c(-n3c4ccccc4c4cc(-n5c6ccccc6c6c7ccccc7ccc65)ccc43)c(C#N)c2-n2c3ccccc3c3ccccc32)cc1. The van der Waals surface area contributed by atoms with Crippen LogP contribution in [-0.2, 0) is 0 Å². The van der Waals surface area contributed by atoms with Gasteiger partial charge in [-0.25, -0.2) is 0 Å². The average molecular weight is 929 g/mol. The second-order valence-electron chi connectivity index (χ2n) is 19.1. The molecule has 0 N–H and O–H groups in total. The normalized spacial score (nSPS) is 11.9. The Morgan fingerprint density at radius 2 is 0.699 bits per heavy atom. The Morgan fingerprint density at radius 1 is 0.315 bits per heavy atom. The minimum atomic E-state index is 0.393. The van der Waals surface area contributed by atoms with Crippen LogP contribution in [0.5, 0.6) is 0 Å². The van der Waals surface area contributed by atoms with Crippen molar-refractivity contribution in [3.8, 4) is 46.0 Å². The van der Waals surface area contributed by atoms with E-state index >= 15 is 0 Å². The van der Waals surface area contributed by atoms with E-state index in [0.29, 0.717) is 28.2 Å². The number of benzene rings is 11. The van der Waals surface area contributed by atoms with Crippen molar-refractivity contribution in [1.29, 1.82) is 10.5 Å². The molecule has 0 aliphatic rings. The van der Waals surface area contributed by atoms with Gasteiger partial charge >= 0.3 is 0 Å². The third-order valence-corrected chi connectivity index (χ3v) is 15.3. The minimum absolute atomic E-state index is 0.393. The molecule has 4 aromatic heterocycles. The summed E-state index contributed by atoms with van der Waals surface area (Å²) in [4.78, 5) is 0. The lowest BCUT2D eigenvalue weighted by atomic mass is 9.91. The van der Waals surface area contributed by atoms with Gasteiger partial charge in [0, 0.05) is 54.3 Å². The van der Waals surface area contributed by atoms with E-state index < -0.39 is 0 Å². The van der Waals surface area contributed by atoms with E-state index in [9.17, 15) is 10.5 Å². The fraction of sp³-hybridized carbons (Fsp3) is 0.0149. The maximum atomic E-state index is 12.2. The molecule has 4 heterocycles. The van der Waals surface area contributed by atoms with Crippen molar-refractivity contribution in [3.05, 3.63) is 241 Å². The minimum Gasteiger partial charge on any atom is -0.309 e. The molecule has 0 atom stereocenters. The summed E-state index contributed by atoms with van der Waals surface area (Å²) in [6, 6.07) is 84.8. The third kappa shape index (κ3) is 5.61. The fourth-order valence-electron chi connectivity index (χ4n) is 12.3. The first-order valence-corrected chi connectivity index (χ1v) is 24.6. The molecule has 0 radical (unpaired) electrons. The van der Waals surface area contributed by atoms with Crippen LogP contribution in [0.1, 0.15) is 16.7 Å². The summed E-state index contributed by atoms with van der Waals surface area (Å²) in [6.07, 6.45) is 0. The van der Waals surface area contributed by atoms with Crippen molar-refractivity contribution < 1.29 is 0 Å². The number of hydrogen-bond donors (Lipinski definition) is 0. The largest absolute Gasteiger partial charge is 0.309 e. The predicted molar refractivity (Wildman–Crippen MR) is 301 cm³/mol. The number of nitrogens with zero attached hydrogens (tertiary/aromatic N) is 6. The van der Waals surface area contributed by atoms with Crippen LogP contribution in [0.25, 0.3) is 132 Å². The van der Waals surface area contributed by atoms with Gasteiger partial charge in [-0.05, 0) is 83.9 Å². The van der Waals surface area contributed by atoms with Gasteiger partial charge in [0.1, 0.15) is 23.3 Å². The first kappa shape index (κ1) is 40.7. The van der Waals surface area contributed by atoms with Crippen LogP contribution in [0.15, 0.2) is 224 Å². The van der Waals surface area contributed by atoms with Crippen LogP contribution in [0.2, 0.25) is 0 Å². The molecule has 73 heavy (non-hydrogen) atoms. The average Bonchev–Trinajstić information content (AvgIpc) is 4.21. The van der Waals surface area contributed by atoms with E-state index in [2.05, 4.69) is 262 Å². The van der Waals surface area contributed by atoms with Gasteiger partial charge in [0.2, 0.25) is 0 Å².